The lowest BCUT2D eigenvalue weighted by molar-refractivity contribution is 0.0733. The molecule has 4 N–H and O–H groups in total. The molecule has 1 aliphatic heterocycles. The molecule has 11 nitrogen and oxygen atoms in total. The molecule has 0 spiro atoms. The second kappa shape index (κ2) is 11.4. The standard InChI is InChI=1S/C30H28F2N6O5S/c1-17-11-19-13-26(35-25(19)15-24(17)36-44(40,41)37-7-9-42-10-8-37)29(39)21-16-34-38(30(21)33)28-18(2)12-20(14-23(28)32)43-27-6-4-3-5-22(27)31/h3-6,11-16,35-36H,7-10,33H2,1-2H3. The SMILES string of the molecule is Cc1cc2cc(C(=O)c3cnn(-c4c(C)cc(Oc5ccccc5F)cc4F)c3N)[nH]c2cc1NS(=O)(=O)N1CCOCC1. The van der Waals surface area contributed by atoms with Crippen molar-refractivity contribution in [2.24, 2.45) is 0 Å². The summed E-state index contributed by atoms with van der Waals surface area (Å²) in [5, 5.41) is 4.85. The zero-order valence-corrected chi connectivity index (χ0v) is 24.5. The molecule has 3 aromatic carbocycles. The summed E-state index contributed by atoms with van der Waals surface area (Å²) in [6.07, 6.45) is 1.25. The van der Waals surface area contributed by atoms with Crippen molar-refractivity contribution in [2.45, 2.75) is 13.8 Å². The molecule has 6 rings (SSSR count). The predicted octanol–water partition coefficient (Wildman–Crippen LogP) is 4.84. The van der Waals surface area contributed by atoms with E-state index >= 15 is 4.39 Å². The Morgan fingerprint density at radius 3 is 2.52 bits per heavy atom. The molecule has 0 unspecified atom stereocenters. The number of anilines is 2. The molecule has 3 heterocycles. The number of halogens is 2. The Bertz CT molecular complexity index is 1990. The molecule has 2 aromatic heterocycles. The van der Waals surface area contributed by atoms with Gasteiger partial charge < -0.3 is 20.2 Å². The number of nitrogens with zero attached hydrogens (tertiary/aromatic N) is 3. The minimum atomic E-state index is -3.80. The highest BCUT2D eigenvalue weighted by atomic mass is 32.2. The Balaban J connectivity index is 1.26. The van der Waals surface area contributed by atoms with Gasteiger partial charge in [-0.25, -0.2) is 13.5 Å². The van der Waals surface area contributed by atoms with E-state index in [1.807, 2.05) is 0 Å². The average Bonchev–Trinajstić information content (AvgIpc) is 3.57. The molecule has 0 bridgehead atoms. The number of nitrogens with one attached hydrogen (secondary N) is 2. The zero-order valence-electron chi connectivity index (χ0n) is 23.7. The molecule has 14 heteroatoms. The number of aromatic nitrogens is 3. The van der Waals surface area contributed by atoms with Gasteiger partial charge in [-0.05, 0) is 61.4 Å². The normalized spacial score (nSPS) is 14.2. The highest BCUT2D eigenvalue weighted by Gasteiger charge is 2.26. The topological polar surface area (TPSA) is 145 Å². The number of hydrogen-bond donors (Lipinski definition) is 3. The Morgan fingerprint density at radius 1 is 1.05 bits per heavy atom. The zero-order chi connectivity index (χ0) is 31.2. The Hall–Kier alpha value is -4.79. The van der Waals surface area contributed by atoms with Crippen LogP contribution >= 0.6 is 0 Å². The van der Waals surface area contributed by atoms with Crippen LogP contribution in [0, 0.1) is 25.5 Å². The Kier molecular flexibility index (Phi) is 7.57. The third-order valence-electron chi connectivity index (χ3n) is 7.31. The number of aromatic amines is 1. The number of H-pyrrole nitrogens is 1. The third-order valence-corrected chi connectivity index (χ3v) is 8.84. The molecule has 0 atom stereocenters. The first-order chi connectivity index (χ1) is 21.0. The van der Waals surface area contributed by atoms with E-state index in [4.69, 9.17) is 15.2 Å². The van der Waals surface area contributed by atoms with Crippen LogP contribution in [-0.2, 0) is 14.9 Å². The summed E-state index contributed by atoms with van der Waals surface area (Å²) in [4.78, 5) is 16.5. The van der Waals surface area contributed by atoms with Gasteiger partial charge in [-0.1, -0.05) is 12.1 Å². The van der Waals surface area contributed by atoms with Gasteiger partial charge in [0, 0.05) is 30.1 Å². The number of hydrogen-bond acceptors (Lipinski definition) is 7. The Labute approximate surface area is 251 Å². The number of aryl methyl sites for hydroxylation is 2. The van der Waals surface area contributed by atoms with E-state index in [2.05, 4.69) is 14.8 Å². The van der Waals surface area contributed by atoms with Crippen LogP contribution in [0.2, 0.25) is 0 Å². The highest BCUT2D eigenvalue weighted by molar-refractivity contribution is 7.90. The maximum absolute atomic E-state index is 15.3. The quantitative estimate of drug-likeness (QED) is 0.210. The van der Waals surface area contributed by atoms with Gasteiger partial charge in [-0.15, -0.1) is 0 Å². The molecule has 1 saturated heterocycles. The van der Waals surface area contributed by atoms with Crippen molar-refractivity contribution in [2.75, 3.05) is 36.8 Å². The van der Waals surface area contributed by atoms with Crippen molar-refractivity contribution >= 4 is 38.4 Å². The van der Waals surface area contributed by atoms with Gasteiger partial charge in [0.1, 0.15) is 17.3 Å². The molecule has 1 fully saturated rings. The number of morpholine rings is 1. The van der Waals surface area contributed by atoms with Crippen LogP contribution in [0.3, 0.4) is 0 Å². The number of carbonyl (C=O) groups is 1. The summed E-state index contributed by atoms with van der Waals surface area (Å²) in [5.41, 5.74) is 8.47. The molecule has 0 radical (unpaired) electrons. The maximum Gasteiger partial charge on any atom is 0.301 e. The number of ether oxygens (including phenoxy) is 2. The first-order valence-electron chi connectivity index (χ1n) is 13.6. The fourth-order valence-electron chi connectivity index (χ4n) is 5.06. The van der Waals surface area contributed by atoms with Crippen LogP contribution in [0.4, 0.5) is 20.3 Å². The summed E-state index contributed by atoms with van der Waals surface area (Å²) >= 11 is 0. The number of para-hydroxylation sites is 1. The van der Waals surface area contributed by atoms with Crippen molar-refractivity contribution in [3.63, 3.8) is 0 Å². The van der Waals surface area contributed by atoms with Crippen LogP contribution in [0.5, 0.6) is 11.5 Å². The minimum absolute atomic E-state index is 0.00639. The smallest absolute Gasteiger partial charge is 0.301 e. The van der Waals surface area contributed by atoms with E-state index in [1.165, 1.54) is 34.8 Å². The van der Waals surface area contributed by atoms with Crippen molar-refractivity contribution < 1.29 is 31.5 Å². The van der Waals surface area contributed by atoms with Crippen molar-refractivity contribution in [3.05, 3.63) is 94.8 Å². The van der Waals surface area contributed by atoms with E-state index in [0.29, 0.717) is 40.9 Å². The van der Waals surface area contributed by atoms with Crippen LogP contribution in [0.25, 0.3) is 16.6 Å². The first-order valence-corrected chi connectivity index (χ1v) is 15.1. The number of rotatable bonds is 8. The lowest BCUT2D eigenvalue weighted by atomic mass is 10.1. The number of fused-ring (bicyclic) bond motifs is 1. The molecule has 1 aliphatic rings. The van der Waals surface area contributed by atoms with Gasteiger partial charge in [0.15, 0.2) is 17.4 Å². The van der Waals surface area contributed by atoms with Crippen LogP contribution in [0.1, 0.15) is 27.2 Å². The summed E-state index contributed by atoms with van der Waals surface area (Å²) in [5.74, 6) is -1.88. The lowest BCUT2D eigenvalue weighted by Gasteiger charge is -2.26. The number of ketones is 1. The fraction of sp³-hybridized carbons (Fsp3) is 0.200. The second-order valence-electron chi connectivity index (χ2n) is 10.3. The van der Waals surface area contributed by atoms with Gasteiger partial charge in [-0.2, -0.15) is 17.8 Å². The summed E-state index contributed by atoms with van der Waals surface area (Å²) < 4.78 is 70.9. The largest absolute Gasteiger partial charge is 0.454 e. The summed E-state index contributed by atoms with van der Waals surface area (Å²) in [6.45, 7) is 4.52. The van der Waals surface area contributed by atoms with E-state index in [1.54, 1.807) is 38.1 Å². The van der Waals surface area contributed by atoms with Gasteiger partial charge in [0.05, 0.1) is 36.4 Å². The van der Waals surface area contributed by atoms with E-state index in [0.717, 1.165) is 10.7 Å². The summed E-state index contributed by atoms with van der Waals surface area (Å²) in [7, 11) is -3.80. The van der Waals surface area contributed by atoms with Gasteiger partial charge >= 0.3 is 10.2 Å². The Morgan fingerprint density at radius 2 is 1.80 bits per heavy atom. The van der Waals surface area contributed by atoms with Gasteiger partial charge in [0.2, 0.25) is 5.78 Å². The lowest BCUT2D eigenvalue weighted by Crippen LogP contribution is -2.43. The molecule has 5 aromatic rings. The maximum atomic E-state index is 15.3. The van der Waals surface area contributed by atoms with Gasteiger partial charge in [-0.3, -0.25) is 9.52 Å². The number of carbonyl (C=O) groups excluding carboxylic acids is 1. The number of nitrogen functional groups attached to an aromatic ring is 1. The monoisotopic (exact) mass is 622 g/mol. The van der Waals surface area contributed by atoms with Crippen molar-refractivity contribution in [1.29, 1.82) is 0 Å². The first kappa shape index (κ1) is 29.3. The number of nitrogens with two attached hydrogens (primary N) is 1. The van der Waals surface area contributed by atoms with E-state index in [9.17, 15) is 17.6 Å². The third kappa shape index (κ3) is 5.50. The minimum Gasteiger partial charge on any atom is -0.454 e. The summed E-state index contributed by atoms with van der Waals surface area (Å²) in [6, 6.07) is 13.4. The van der Waals surface area contributed by atoms with Crippen molar-refractivity contribution in [1.82, 2.24) is 19.1 Å². The van der Waals surface area contributed by atoms with E-state index in [-0.39, 0.29) is 47.4 Å². The van der Waals surface area contributed by atoms with Crippen LogP contribution in [-0.4, -0.2) is 59.6 Å². The fourth-order valence-corrected chi connectivity index (χ4v) is 6.32. The molecule has 44 heavy (non-hydrogen) atoms. The average molecular weight is 623 g/mol. The highest BCUT2D eigenvalue weighted by Crippen LogP contribution is 2.32. The van der Waals surface area contributed by atoms with E-state index < -0.39 is 27.6 Å². The van der Waals surface area contributed by atoms with Gasteiger partial charge in [0.25, 0.3) is 0 Å². The van der Waals surface area contributed by atoms with Crippen LogP contribution < -0.4 is 15.2 Å². The van der Waals surface area contributed by atoms with Crippen LogP contribution in [0.15, 0.2) is 60.8 Å². The van der Waals surface area contributed by atoms with Crippen molar-refractivity contribution in [3.8, 4) is 17.2 Å². The molecule has 0 aliphatic carbocycles. The molecule has 0 saturated carbocycles. The molecular weight excluding hydrogens is 594 g/mol. The molecule has 0 amide bonds. The molecule has 228 valence electrons. The second-order valence-corrected chi connectivity index (χ2v) is 12.0. The number of benzene rings is 3. The predicted molar refractivity (Wildman–Crippen MR) is 161 cm³/mol. The molecular formula is C30H28F2N6O5S.